The highest BCUT2D eigenvalue weighted by atomic mass is 31.2. The number of nitrogens with zero attached hydrogens (tertiary/aromatic N) is 1. The van der Waals surface area contributed by atoms with Gasteiger partial charge in [-0.05, 0) is 12.1 Å². The van der Waals surface area contributed by atoms with Crippen molar-refractivity contribution in [3.8, 4) is 0 Å². The van der Waals surface area contributed by atoms with Crippen molar-refractivity contribution in [2.75, 3.05) is 13.7 Å². The molecule has 0 fully saturated rings. The molecule has 1 aromatic rings. The number of carbonyl (C=O) groups is 2. The molecule has 136 valence electrons. The van der Waals surface area contributed by atoms with E-state index < -0.39 is 38.6 Å². The molecular formula is C12H19N2O9P. The van der Waals surface area contributed by atoms with Gasteiger partial charge in [-0.3, -0.25) is 18.8 Å². The molecule has 0 aliphatic carbocycles. The highest BCUT2D eigenvalue weighted by Crippen LogP contribution is 2.41. The van der Waals surface area contributed by atoms with E-state index in [9.17, 15) is 14.2 Å². The van der Waals surface area contributed by atoms with E-state index in [1.165, 1.54) is 6.20 Å². The number of nitrogens with two attached hydrogens (primary N) is 1. The van der Waals surface area contributed by atoms with Gasteiger partial charge in [-0.1, -0.05) is 0 Å². The van der Waals surface area contributed by atoms with Crippen molar-refractivity contribution in [3.05, 3.63) is 30.1 Å². The highest BCUT2D eigenvalue weighted by molar-refractivity contribution is 7.47. The SMILES string of the molecule is COP(=O)(O)OC[C@@H](O)[C@@H](O)[C@@H](O)C=O.NC(=O)c1cccnc1. The van der Waals surface area contributed by atoms with Crippen LogP contribution in [0, 0.1) is 0 Å². The fourth-order valence-electron chi connectivity index (χ4n) is 1.14. The summed E-state index contributed by atoms with van der Waals surface area (Å²) < 4.78 is 19.0. The standard InChI is InChI=1S/C6H6N2O.C6H13O8P/c7-6(9)5-2-1-3-8-4-5;1-13-15(11,12)14-3-5(9)6(10)4(8)2-7/h1-4H,(H2,7,9);2,4-6,8-10H,3H2,1H3,(H,11,12)/t;4-,5+,6-/m.0/s1. The zero-order valence-corrected chi connectivity index (χ0v) is 13.5. The molecule has 0 saturated heterocycles. The van der Waals surface area contributed by atoms with E-state index in [1.54, 1.807) is 18.3 Å². The molecule has 0 saturated carbocycles. The maximum Gasteiger partial charge on any atom is 0.472 e. The van der Waals surface area contributed by atoms with Crippen LogP contribution in [0.15, 0.2) is 24.5 Å². The highest BCUT2D eigenvalue weighted by Gasteiger charge is 2.28. The molecule has 0 spiro atoms. The van der Waals surface area contributed by atoms with Crippen LogP contribution in [-0.2, 0) is 18.4 Å². The Kier molecular flexibility index (Phi) is 10.2. The topological polar surface area (TPSA) is 190 Å². The Balaban J connectivity index is 0.000000496. The molecule has 0 aliphatic rings. The minimum absolute atomic E-state index is 0.0166. The second-order valence-corrected chi connectivity index (χ2v) is 5.80. The number of pyridine rings is 1. The van der Waals surface area contributed by atoms with Crippen molar-refractivity contribution < 1.29 is 43.4 Å². The van der Waals surface area contributed by atoms with E-state index in [2.05, 4.69) is 14.0 Å². The van der Waals surface area contributed by atoms with E-state index in [0.717, 1.165) is 7.11 Å². The predicted molar refractivity (Wildman–Crippen MR) is 79.6 cm³/mol. The summed E-state index contributed by atoms with van der Waals surface area (Å²) in [4.78, 5) is 32.8. The quantitative estimate of drug-likeness (QED) is 0.259. The first-order chi connectivity index (χ1) is 11.1. The van der Waals surface area contributed by atoms with Crippen LogP contribution in [0.5, 0.6) is 0 Å². The van der Waals surface area contributed by atoms with Gasteiger partial charge in [0.1, 0.15) is 18.3 Å². The number of carbonyl (C=O) groups excluding carboxylic acids is 2. The van der Waals surface area contributed by atoms with Gasteiger partial charge in [-0.25, -0.2) is 4.57 Å². The van der Waals surface area contributed by atoms with E-state index in [1.807, 2.05) is 0 Å². The predicted octanol–water partition coefficient (Wildman–Crippen LogP) is -1.79. The number of amides is 1. The van der Waals surface area contributed by atoms with Crippen molar-refractivity contribution in [1.82, 2.24) is 4.98 Å². The molecule has 0 aromatic carbocycles. The second-order valence-electron chi connectivity index (χ2n) is 4.24. The fourth-order valence-corrected chi connectivity index (χ4v) is 1.58. The van der Waals surface area contributed by atoms with Crippen LogP contribution >= 0.6 is 7.82 Å². The van der Waals surface area contributed by atoms with E-state index in [4.69, 9.17) is 25.9 Å². The molecule has 6 N–H and O–H groups in total. The second kappa shape index (κ2) is 10.9. The van der Waals surface area contributed by atoms with Gasteiger partial charge in [0, 0.05) is 19.5 Å². The molecule has 24 heavy (non-hydrogen) atoms. The first-order valence-corrected chi connectivity index (χ1v) is 7.86. The number of aliphatic hydroxyl groups excluding tert-OH is 3. The number of aromatic nitrogens is 1. The third-order valence-corrected chi connectivity index (χ3v) is 3.41. The number of phosphoric acid groups is 1. The van der Waals surface area contributed by atoms with Gasteiger partial charge in [0.15, 0.2) is 6.29 Å². The molecule has 0 bridgehead atoms. The van der Waals surface area contributed by atoms with Crippen molar-refractivity contribution in [3.63, 3.8) is 0 Å². The summed E-state index contributed by atoms with van der Waals surface area (Å²) in [7, 11) is -3.33. The van der Waals surface area contributed by atoms with Gasteiger partial charge in [-0.15, -0.1) is 0 Å². The lowest BCUT2D eigenvalue weighted by atomic mass is 10.1. The number of hydrogen-bond acceptors (Lipinski definition) is 9. The van der Waals surface area contributed by atoms with Crippen molar-refractivity contribution >= 4 is 20.0 Å². The molecule has 11 nitrogen and oxygen atoms in total. The minimum atomic E-state index is -4.25. The average Bonchev–Trinajstić information content (AvgIpc) is 2.59. The van der Waals surface area contributed by atoms with E-state index in [0.29, 0.717) is 5.56 Å². The lowest BCUT2D eigenvalue weighted by Gasteiger charge is -2.19. The maximum atomic E-state index is 10.7. The van der Waals surface area contributed by atoms with Crippen molar-refractivity contribution in [2.45, 2.75) is 18.3 Å². The Morgan fingerprint density at radius 1 is 1.46 bits per heavy atom. The lowest BCUT2D eigenvalue weighted by Crippen LogP contribution is -2.40. The smallest absolute Gasteiger partial charge is 0.388 e. The zero-order chi connectivity index (χ0) is 18.8. The van der Waals surface area contributed by atoms with Gasteiger partial charge in [0.25, 0.3) is 0 Å². The van der Waals surface area contributed by atoms with Crippen LogP contribution in [0.4, 0.5) is 0 Å². The number of aliphatic hydroxyl groups is 3. The first-order valence-electron chi connectivity index (χ1n) is 6.37. The molecule has 12 heteroatoms. The Morgan fingerprint density at radius 2 is 2.08 bits per heavy atom. The summed E-state index contributed by atoms with van der Waals surface area (Å²) in [5.74, 6) is -0.442. The van der Waals surface area contributed by atoms with Crippen LogP contribution in [0.1, 0.15) is 10.4 Å². The molecule has 1 heterocycles. The Labute approximate surface area is 137 Å². The molecule has 1 amide bonds. The number of hydrogen-bond donors (Lipinski definition) is 5. The lowest BCUT2D eigenvalue weighted by molar-refractivity contribution is -0.127. The molecule has 1 rings (SSSR count). The molecule has 1 unspecified atom stereocenters. The number of rotatable bonds is 8. The number of primary amides is 1. The van der Waals surface area contributed by atoms with Crippen LogP contribution in [0.2, 0.25) is 0 Å². The summed E-state index contributed by atoms with van der Waals surface area (Å²) in [6, 6.07) is 3.29. The first kappa shape index (κ1) is 22.3. The van der Waals surface area contributed by atoms with Gasteiger partial charge in [-0.2, -0.15) is 0 Å². The van der Waals surface area contributed by atoms with Crippen LogP contribution in [-0.4, -0.2) is 69.4 Å². The van der Waals surface area contributed by atoms with Gasteiger partial charge in [0.2, 0.25) is 5.91 Å². The Hall–Kier alpha value is -1.72. The normalized spacial score (nSPS) is 16.7. The van der Waals surface area contributed by atoms with Crippen LogP contribution < -0.4 is 5.73 Å². The van der Waals surface area contributed by atoms with Crippen molar-refractivity contribution in [1.29, 1.82) is 0 Å². The average molecular weight is 366 g/mol. The summed E-state index contributed by atoms with van der Waals surface area (Å²) in [6.07, 6.45) is -2.22. The maximum absolute atomic E-state index is 10.7. The molecule has 1 aromatic heterocycles. The Bertz CT molecular complexity index is 557. The van der Waals surface area contributed by atoms with Crippen LogP contribution in [0.25, 0.3) is 0 Å². The van der Waals surface area contributed by atoms with E-state index in [-0.39, 0.29) is 6.29 Å². The third-order valence-electron chi connectivity index (χ3n) is 2.47. The van der Waals surface area contributed by atoms with E-state index >= 15 is 0 Å². The molecule has 0 aliphatic heterocycles. The summed E-state index contributed by atoms with van der Waals surface area (Å²) in [5, 5.41) is 26.9. The monoisotopic (exact) mass is 366 g/mol. The third kappa shape index (κ3) is 8.79. The molecular weight excluding hydrogens is 347 g/mol. The Morgan fingerprint density at radius 3 is 2.46 bits per heavy atom. The van der Waals surface area contributed by atoms with Gasteiger partial charge >= 0.3 is 7.82 Å². The molecule has 0 radical (unpaired) electrons. The number of phosphoric ester groups is 1. The summed E-state index contributed by atoms with van der Waals surface area (Å²) >= 11 is 0. The zero-order valence-electron chi connectivity index (χ0n) is 12.6. The van der Waals surface area contributed by atoms with Crippen molar-refractivity contribution in [2.24, 2.45) is 5.73 Å². The molecule has 4 atom stereocenters. The summed E-state index contributed by atoms with van der Waals surface area (Å²) in [5.41, 5.74) is 5.38. The van der Waals surface area contributed by atoms with Gasteiger partial charge < -0.3 is 30.7 Å². The van der Waals surface area contributed by atoms with Crippen LogP contribution in [0.3, 0.4) is 0 Å². The van der Waals surface area contributed by atoms with Gasteiger partial charge in [0.05, 0.1) is 12.2 Å². The largest absolute Gasteiger partial charge is 0.472 e. The summed E-state index contributed by atoms with van der Waals surface area (Å²) in [6.45, 7) is -0.756. The number of aldehydes is 1. The minimum Gasteiger partial charge on any atom is -0.388 e. The fraction of sp³-hybridized carbons (Fsp3) is 0.417.